The van der Waals surface area contributed by atoms with Gasteiger partial charge in [-0.3, -0.25) is 14.3 Å². The van der Waals surface area contributed by atoms with Crippen LogP contribution in [0.5, 0.6) is 0 Å². The van der Waals surface area contributed by atoms with Crippen molar-refractivity contribution in [2.75, 3.05) is 13.1 Å². The molecule has 37 heavy (non-hydrogen) atoms. The molecule has 0 radical (unpaired) electrons. The third kappa shape index (κ3) is 5.64. The smallest absolute Gasteiger partial charge is 0.257 e. The molecule has 0 bridgehead atoms. The second kappa shape index (κ2) is 10.8. The topological polar surface area (TPSA) is 67.2 Å². The molecule has 1 N–H and O–H groups in total. The number of hydrogen-bond donors (Lipinski definition) is 1. The Morgan fingerprint density at radius 2 is 1.54 bits per heavy atom. The molecule has 188 valence electrons. The molecule has 1 aromatic heterocycles. The monoisotopic (exact) mass is 492 g/mol. The van der Waals surface area contributed by atoms with Gasteiger partial charge in [0.2, 0.25) is 0 Å². The lowest BCUT2D eigenvalue weighted by molar-refractivity contribution is 0.0698. The van der Waals surface area contributed by atoms with Gasteiger partial charge in [0.1, 0.15) is 5.69 Å². The maximum Gasteiger partial charge on any atom is 0.257 e. The Bertz CT molecular complexity index is 1380. The van der Waals surface area contributed by atoms with Gasteiger partial charge in [0, 0.05) is 36.5 Å². The Morgan fingerprint density at radius 1 is 0.865 bits per heavy atom. The first-order chi connectivity index (χ1) is 18.0. The zero-order valence-electron chi connectivity index (χ0n) is 21.4. The highest BCUT2D eigenvalue weighted by Gasteiger charge is 2.28. The molecule has 1 aliphatic rings. The fraction of sp³-hybridized carbons (Fsp3) is 0.258. The Hall–Kier alpha value is -4.19. The molecule has 2 amide bonds. The molecular weight excluding hydrogens is 460 g/mol. The SMILES string of the molecule is Cc1ccc(-c2nn(Cc3ccccc3)cc2C(=O)N2CCC(NC(=O)c3ccccc3C)CC2)cc1. The fourth-order valence-electron chi connectivity index (χ4n) is 4.84. The molecule has 0 unspecified atom stereocenters. The second-order valence-electron chi connectivity index (χ2n) is 9.80. The van der Waals surface area contributed by atoms with Gasteiger partial charge in [-0.1, -0.05) is 78.4 Å². The molecule has 0 spiro atoms. The number of nitrogens with one attached hydrogen (secondary N) is 1. The van der Waals surface area contributed by atoms with Crippen molar-refractivity contribution in [3.8, 4) is 11.3 Å². The third-order valence-corrected chi connectivity index (χ3v) is 7.01. The molecule has 0 saturated carbocycles. The number of carbonyl (C=O) groups is 2. The number of hydrogen-bond acceptors (Lipinski definition) is 3. The summed E-state index contributed by atoms with van der Waals surface area (Å²) in [5, 5.41) is 7.99. The van der Waals surface area contributed by atoms with E-state index in [0.717, 1.165) is 35.1 Å². The van der Waals surface area contributed by atoms with E-state index in [9.17, 15) is 9.59 Å². The number of piperidine rings is 1. The number of benzene rings is 3. The van der Waals surface area contributed by atoms with Gasteiger partial charge in [-0.05, 0) is 43.9 Å². The van der Waals surface area contributed by atoms with Gasteiger partial charge in [-0.15, -0.1) is 0 Å². The summed E-state index contributed by atoms with van der Waals surface area (Å²) >= 11 is 0. The predicted octanol–water partition coefficient (Wildman–Crippen LogP) is 5.25. The van der Waals surface area contributed by atoms with Gasteiger partial charge >= 0.3 is 0 Å². The Morgan fingerprint density at radius 3 is 2.24 bits per heavy atom. The van der Waals surface area contributed by atoms with Crippen LogP contribution >= 0.6 is 0 Å². The van der Waals surface area contributed by atoms with Gasteiger partial charge in [0.05, 0.1) is 12.1 Å². The van der Waals surface area contributed by atoms with Crippen LogP contribution in [0.1, 0.15) is 50.2 Å². The van der Waals surface area contributed by atoms with Crippen LogP contribution in [0.2, 0.25) is 0 Å². The number of rotatable bonds is 6. The van der Waals surface area contributed by atoms with Crippen molar-refractivity contribution in [3.05, 3.63) is 113 Å². The number of aromatic nitrogens is 2. The third-order valence-electron chi connectivity index (χ3n) is 7.01. The van der Waals surface area contributed by atoms with Gasteiger partial charge in [-0.2, -0.15) is 5.10 Å². The predicted molar refractivity (Wildman–Crippen MR) is 146 cm³/mol. The van der Waals surface area contributed by atoms with Crippen LogP contribution in [-0.2, 0) is 6.54 Å². The summed E-state index contributed by atoms with van der Waals surface area (Å²) in [6, 6.07) is 25.9. The van der Waals surface area contributed by atoms with Crippen molar-refractivity contribution in [1.82, 2.24) is 20.0 Å². The molecule has 6 heteroatoms. The Labute approximate surface area is 217 Å². The van der Waals surface area contributed by atoms with Gasteiger partial charge in [0.25, 0.3) is 11.8 Å². The van der Waals surface area contributed by atoms with Crippen molar-refractivity contribution < 1.29 is 9.59 Å². The van der Waals surface area contributed by atoms with E-state index in [4.69, 9.17) is 5.10 Å². The van der Waals surface area contributed by atoms with Crippen molar-refractivity contribution >= 4 is 11.8 Å². The van der Waals surface area contributed by atoms with Crippen molar-refractivity contribution in [2.45, 2.75) is 39.3 Å². The number of likely N-dealkylation sites (tertiary alicyclic amines) is 1. The minimum atomic E-state index is -0.0493. The Balaban J connectivity index is 1.31. The van der Waals surface area contributed by atoms with Crippen molar-refractivity contribution in [3.63, 3.8) is 0 Å². The molecule has 2 heterocycles. The molecule has 5 rings (SSSR count). The highest BCUT2D eigenvalue weighted by Crippen LogP contribution is 2.26. The summed E-state index contributed by atoms with van der Waals surface area (Å²) in [7, 11) is 0. The van der Waals surface area contributed by atoms with E-state index in [-0.39, 0.29) is 17.9 Å². The quantitative estimate of drug-likeness (QED) is 0.400. The largest absolute Gasteiger partial charge is 0.349 e. The molecule has 6 nitrogen and oxygen atoms in total. The summed E-state index contributed by atoms with van der Waals surface area (Å²) in [4.78, 5) is 28.3. The van der Waals surface area contributed by atoms with Crippen LogP contribution in [0.3, 0.4) is 0 Å². The summed E-state index contributed by atoms with van der Waals surface area (Å²) < 4.78 is 1.85. The Kier molecular flexibility index (Phi) is 7.17. The van der Waals surface area contributed by atoms with Crippen LogP contribution in [0.25, 0.3) is 11.3 Å². The van der Waals surface area contributed by atoms with Crippen molar-refractivity contribution in [2.24, 2.45) is 0 Å². The molecule has 1 saturated heterocycles. The maximum absolute atomic E-state index is 13.7. The van der Waals surface area contributed by atoms with Crippen LogP contribution in [0.4, 0.5) is 0 Å². The maximum atomic E-state index is 13.7. The van der Waals surface area contributed by atoms with E-state index >= 15 is 0 Å². The van der Waals surface area contributed by atoms with E-state index < -0.39 is 0 Å². The van der Waals surface area contributed by atoms with E-state index in [1.165, 1.54) is 0 Å². The molecule has 1 aliphatic heterocycles. The summed E-state index contributed by atoms with van der Waals surface area (Å²) in [5.41, 5.74) is 6.21. The summed E-state index contributed by atoms with van der Waals surface area (Å²) in [6.07, 6.45) is 3.32. The standard InChI is InChI=1S/C31H32N4O2/c1-22-12-14-25(15-13-22)29-28(21-35(33-29)20-24-9-4-3-5-10-24)31(37)34-18-16-26(17-19-34)32-30(36)27-11-7-6-8-23(27)2/h3-15,21,26H,16-20H2,1-2H3,(H,32,36). The van der Waals surface area contributed by atoms with E-state index in [1.54, 1.807) is 0 Å². The first kappa shape index (κ1) is 24.5. The number of amides is 2. The fourth-order valence-corrected chi connectivity index (χ4v) is 4.84. The lowest BCUT2D eigenvalue weighted by Crippen LogP contribution is -2.46. The van der Waals surface area contributed by atoms with Crippen LogP contribution < -0.4 is 5.32 Å². The second-order valence-corrected chi connectivity index (χ2v) is 9.80. The molecule has 4 aromatic rings. The molecule has 3 aromatic carbocycles. The van der Waals surface area contributed by atoms with Crippen LogP contribution in [-0.4, -0.2) is 45.6 Å². The molecule has 1 fully saturated rings. The first-order valence-electron chi connectivity index (χ1n) is 12.8. The normalized spacial score (nSPS) is 13.9. The van der Waals surface area contributed by atoms with E-state index in [1.807, 2.05) is 96.4 Å². The minimum Gasteiger partial charge on any atom is -0.349 e. The van der Waals surface area contributed by atoms with E-state index in [0.29, 0.717) is 36.5 Å². The summed E-state index contributed by atoms with van der Waals surface area (Å²) in [5.74, 6) is -0.0645. The lowest BCUT2D eigenvalue weighted by Gasteiger charge is -2.32. The molecule has 0 aliphatic carbocycles. The molecular formula is C31H32N4O2. The highest BCUT2D eigenvalue weighted by molar-refractivity contribution is 6.00. The van der Waals surface area contributed by atoms with Crippen LogP contribution in [0, 0.1) is 13.8 Å². The average molecular weight is 493 g/mol. The first-order valence-corrected chi connectivity index (χ1v) is 12.8. The number of nitrogens with zero attached hydrogens (tertiary/aromatic N) is 3. The number of aryl methyl sites for hydroxylation is 2. The molecule has 0 atom stereocenters. The van der Waals surface area contributed by atoms with Gasteiger partial charge < -0.3 is 10.2 Å². The lowest BCUT2D eigenvalue weighted by atomic mass is 10.0. The average Bonchev–Trinajstić information content (AvgIpc) is 3.33. The zero-order chi connectivity index (χ0) is 25.8. The minimum absolute atomic E-state index is 0.0152. The van der Waals surface area contributed by atoms with E-state index in [2.05, 4.69) is 17.4 Å². The summed E-state index contributed by atoms with van der Waals surface area (Å²) in [6.45, 7) is 5.77. The zero-order valence-corrected chi connectivity index (χ0v) is 21.4. The van der Waals surface area contributed by atoms with Gasteiger partial charge in [0.15, 0.2) is 0 Å². The van der Waals surface area contributed by atoms with Crippen LogP contribution in [0.15, 0.2) is 85.1 Å². The van der Waals surface area contributed by atoms with Gasteiger partial charge in [-0.25, -0.2) is 0 Å². The number of carbonyl (C=O) groups excluding carboxylic acids is 2. The highest BCUT2D eigenvalue weighted by atomic mass is 16.2. The van der Waals surface area contributed by atoms with Crippen molar-refractivity contribution in [1.29, 1.82) is 0 Å².